The summed E-state index contributed by atoms with van der Waals surface area (Å²) in [6.45, 7) is 9.08. The molecule has 0 aromatic heterocycles. The van der Waals surface area contributed by atoms with Gasteiger partial charge in [0.2, 0.25) is 6.79 Å². The van der Waals surface area contributed by atoms with Crippen LogP contribution in [0.2, 0.25) is 0 Å². The van der Waals surface area contributed by atoms with E-state index in [1.807, 2.05) is 32.0 Å². The van der Waals surface area contributed by atoms with Gasteiger partial charge in [0.05, 0.1) is 5.71 Å². The number of aliphatic imine (C=N–C) groups is 1. The maximum absolute atomic E-state index is 5.38. The van der Waals surface area contributed by atoms with Crippen molar-refractivity contribution in [3.05, 3.63) is 35.0 Å². The summed E-state index contributed by atoms with van der Waals surface area (Å²) in [6.07, 6.45) is 0. The van der Waals surface area contributed by atoms with Gasteiger partial charge in [0.1, 0.15) is 6.67 Å². The number of hydrogen-bond acceptors (Lipinski definition) is 4. The SMILES string of the molecule is CC.CC1=C(C)C(c2ccc3c(c2)OCO3)=NCN1. The molecule has 0 saturated carbocycles. The Labute approximate surface area is 114 Å². The van der Waals surface area contributed by atoms with Crippen molar-refractivity contribution in [1.82, 2.24) is 5.32 Å². The van der Waals surface area contributed by atoms with Gasteiger partial charge in [0.15, 0.2) is 11.5 Å². The molecule has 0 aliphatic carbocycles. The van der Waals surface area contributed by atoms with Crippen LogP contribution >= 0.6 is 0 Å². The van der Waals surface area contributed by atoms with Crippen LogP contribution in [-0.4, -0.2) is 19.2 Å². The highest BCUT2D eigenvalue weighted by Gasteiger charge is 2.18. The average molecular weight is 260 g/mol. The quantitative estimate of drug-likeness (QED) is 0.843. The van der Waals surface area contributed by atoms with E-state index in [9.17, 15) is 0 Å². The summed E-state index contributed by atoms with van der Waals surface area (Å²) in [6, 6.07) is 5.95. The summed E-state index contributed by atoms with van der Waals surface area (Å²) < 4.78 is 10.7. The summed E-state index contributed by atoms with van der Waals surface area (Å²) in [7, 11) is 0. The Morgan fingerprint density at radius 1 is 1.11 bits per heavy atom. The van der Waals surface area contributed by atoms with E-state index in [1.165, 1.54) is 11.3 Å². The minimum absolute atomic E-state index is 0.306. The van der Waals surface area contributed by atoms with Crippen LogP contribution in [0.4, 0.5) is 0 Å². The van der Waals surface area contributed by atoms with Gasteiger partial charge in [-0.15, -0.1) is 0 Å². The standard InChI is InChI=1S/C13H14N2O2.C2H6/c1-8-9(2)14-6-15-13(8)10-3-4-11-12(5-10)17-7-16-11;1-2/h3-5,14H,6-7H2,1-2H3;1-2H3. The third kappa shape index (κ3) is 2.57. The molecule has 19 heavy (non-hydrogen) atoms. The zero-order valence-electron chi connectivity index (χ0n) is 11.9. The van der Waals surface area contributed by atoms with Crippen molar-refractivity contribution >= 4 is 5.71 Å². The van der Waals surface area contributed by atoms with Gasteiger partial charge in [0, 0.05) is 11.3 Å². The summed E-state index contributed by atoms with van der Waals surface area (Å²) in [4.78, 5) is 4.51. The lowest BCUT2D eigenvalue weighted by molar-refractivity contribution is 0.174. The fourth-order valence-electron chi connectivity index (χ4n) is 2.02. The lowest BCUT2D eigenvalue weighted by atomic mass is 10.0. The Balaban J connectivity index is 0.000000637. The van der Waals surface area contributed by atoms with Gasteiger partial charge < -0.3 is 14.8 Å². The predicted octanol–water partition coefficient (Wildman–Crippen LogP) is 3.09. The highest BCUT2D eigenvalue weighted by molar-refractivity contribution is 6.13. The molecule has 0 saturated heterocycles. The number of ether oxygens (including phenoxy) is 2. The van der Waals surface area contributed by atoms with Crippen molar-refractivity contribution < 1.29 is 9.47 Å². The molecule has 2 aliphatic rings. The van der Waals surface area contributed by atoms with E-state index in [2.05, 4.69) is 24.2 Å². The number of benzene rings is 1. The highest BCUT2D eigenvalue weighted by Crippen LogP contribution is 2.33. The van der Waals surface area contributed by atoms with Crippen molar-refractivity contribution in [3.63, 3.8) is 0 Å². The molecular weight excluding hydrogens is 240 g/mol. The van der Waals surface area contributed by atoms with Crippen molar-refractivity contribution in [1.29, 1.82) is 0 Å². The van der Waals surface area contributed by atoms with Crippen LogP contribution < -0.4 is 14.8 Å². The largest absolute Gasteiger partial charge is 0.454 e. The molecule has 0 fully saturated rings. The molecule has 2 heterocycles. The molecule has 0 amide bonds. The van der Waals surface area contributed by atoms with Gasteiger partial charge in [0.25, 0.3) is 0 Å². The molecule has 1 aromatic rings. The van der Waals surface area contributed by atoms with Gasteiger partial charge >= 0.3 is 0 Å². The topological polar surface area (TPSA) is 42.9 Å². The molecule has 0 bridgehead atoms. The predicted molar refractivity (Wildman–Crippen MR) is 76.8 cm³/mol. The van der Waals surface area contributed by atoms with Crippen molar-refractivity contribution in [2.45, 2.75) is 27.7 Å². The molecule has 102 valence electrons. The minimum Gasteiger partial charge on any atom is -0.454 e. The molecule has 4 nitrogen and oxygen atoms in total. The van der Waals surface area contributed by atoms with Crippen LogP contribution in [0.1, 0.15) is 33.3 Å². The van der Waals surface area contributed by atoms with Gasteiger partial charge in [-0.25, -0.2) is 0 Å². The van der Waals surface area contributed by atoms with Gasteiger partial charge in [-0.2, -0.15) is 0 Å². The number of rotatable bonds is 1. The first kappa shape index (κ1) is 13.5. The average Bonchev–Trinajstić information content (AvgIpc) is 2.91. The van der Waals surface area contributed by atoms with E-state index >= 15 is 0 Å². The van der Waals surface area contributed by atoms with Crippen molar-refractivity contribution in [2.75, 3.05) is 13.5 Å². The maximum atomic E-state index is 5.38. The molecule has 0 radical (unpaired) electrons. The summed E-state index contributed by atoms with van der Waals surface area (Å²) in [5, 5.41) is 3.22. The number of allylic oxidation sites excluding steroid dienone is 2. The molecule has 1 aromatic carbocycles. The first-order chi connectivity index (χ1) is 9.25. The van der Waals surface area contributed by atoms with E-state index in [4.69, 9.17) is 9.47 Å². The lowest BCUT2D eigenvalue weighted by Crippen LogP contribution is -2.22. The molecule has 0 unspecified atom stereocenters. The van der Waals surface area contributed by atoms with Gasteiger partial charge in [-0.3, -0.25) is 4.99 Å². The fraction of sp³-hybridized carbons (Fsp3) is 0.400. The second-order valence-corrected chi connectivity index (χ2v) is 4.16. The fourth-order valence-corrected chi connectivity index (χ4v) is 2.02. The van der Waals surface area contributed by atoms with E-state index in [1.54, 1.807) is 0 Å². The Kier molecular flexibility index (Phi) is 4.10. The number of hydrogen-bond donors (Lipinski definition) is 1. The van der Waals surface area contributed by atoms with Gasteiger partial charge in [-0.05, 0) is 37.6 Å². The number of nitrogens with zero attached hydrogens (tertiary/aromatic N) is 1. The smallest absolute Gasteiger partial charge is 0.231 e. The van der Waals surface area contributed by atoms with Crippen LogP contribution in [0.5, 0.6) is 11.5 Å². The molecule has 0 atom stereocenters. The summed E-state index contributed by atoms with van der Waals surface area (Å²) in [5.74, 6) is 1.61. The van der Waals surface area contributed by atoms with Gasteiger partial charge in [-0.1, -0.05) is 13.8 Å². The maximum Gasteiger partial charge on any atom is 0.231 e. The monoisotopic (exact) mass is 260 g/mol. The van der Waals surface area contributed by atoms with Crippen LogP contribution in [0.15, 0.2) is 34.5 Å². The third-order valence-corrected chi connectivity index (χ3v) is 3.15. The minimum atomic E-state index is 0.306. The molecule has 1 N–H and O–H groups in total. The second kappa shape index (κ2) is 5.78. The molecule has 3 rings (SSSR count). The van der Waals surface area contributed by atoms with E-state index in [-0.39, 0.29) is 0 Å². The number of nitrogens with one attached hydrogen (secondary N) is 1. The molecule has 4 heteroatoms. The molecular formula is C15H20N2O2. The van der Waals surface area contributed by atoms with E-state index in [0.717, 1.165) is 22.8 Å². The number of fused-ring (bicyclic) bond motifs is 1. The Bertz CT molecular complexity index is 533. The van der Waals surface area contributed by atoms with E-state index < -0.39 is 0 Å². The van der Waals surface area contributed by atoms with Crippen LogP contribution in [-0.2, 0) is 0 Å². The van der Waals surface area contributed by atoms with Crippen LogP contribution in [0, 0.1) is 0 Å². The second-order valence-electron chi connectivity index (χ2n) is 4.16. The highest BCUT2D eigenvalue weighted by atomic mass is 16.7. The van der Waals surface area contributed by atoms with Crippen molar-refractivity contribution in [3.8, 4) is 11.5 Å². The summed E-state index contributed by atoms with van der Waals surface area (Å²) in [5.41, 5.74) is 4.45. The first-order valence-corrected chi connectivity index (χ1v) is 6.62. The third-order valence-electron chi connectivity index (χ3n) is 3.15. The Morgan fingerprint density at radius 3 is 2.63 bits per heavy atom. The van der Waals surface area contributed by atoms with Crippen LogP contribution in [0.3, 0.4) is 0 Å². The van der Waals surface area contributed by atoms with E-state index in [0.29, 0.717) is 13.5 Å². The van der Waals surface area contributed by atoms with Crippen molar-refractivity contribution in [2.24, 2.45) is 4.99 Å². The molecule has 2 aliphatic heterocycles. The van der Waals surface area contributed by atoms with Crippen LogP contribution in [0.25, 0.3) is 0 Å². The first-order valence-electron chi connectivity index (χ1n) is 6.62. The summed E-state index contributed by atoms with van der Waals surface area (Å²) >= 11 is 0. The lowest BCUT2D eigenvalue weighted by Gasteiger charge is -2.18. The molecule has 0 spiro atoms. The Morgan fingerprint density at radius 2 is 1.84 bits per heavy atom. The zero-order valence-corrected chi connectivity index (χ0v) is 11.9. The normalized spacial score (nSPS) is 16.3. The zero-order chi connectivity index (χ0) is 13.8. The Hall–Kier alpha value is -1.97.